The van der Waals surface area contributed by atoms with Crippen molar-refractivity contribution in [1.82, 2.24) is 25.1 Å². The molecule has 5 nitrogen and oxygen atoms in total. The molecule has 0 aliphatic carbocycles. The first-order valence-corrected chi connectivity index (χ1v) is 5.07. The van der Waals surface area contributed by atoms with E-state index in [1.165, 1.54) is 0 Å². The third kappa shape index (κ3) is 4.91. The molecule has 0 bridgehead atoms. The quantitative estimate of drug-likeness (QED) is 0.731. The maximum atomic E-state index is 3.83. The Bertz CT molecular complexity index is 207. The molecule has 1 heterocycles. The zero-order chi connectivity index (χ0) is 11.0. The zero-order valence-corrected chi connectivity index (χ0v) is 9.80. The van der Waals surface area contributed by atoms with Gasteiger partial charge in [0, 0.05) is 0 Å². The van der Waals surface area contributed by atoms with Crippen molar-refractivity contribution >= 4 is 0 Å². The van der Waals surface area contributed by atoms with Crippen LogP contribution in [-0.2, 0) is 0 Å². The average Bonchev–Trinajstić information content (AvgIpc) is 2.70. The van der Waals surface area contributed by atoms with Gasteiger partial charge in [0.15, 0.2) is 0 Å². The summed E-state index contributed by atoms with van der Waals surface area (Å²) >= 11 is 0. The highest BCUT2D eigenvalue weighted by Gasteiger charge is 2.05. The van der Waals surface area contributed by atoms with E-state index in [9.17, 15) is 0 Å². The molecule has 0 aromatic carbocycles. The van der Waals surface area contributed by atoms with Crippen molar-refractivity contribution in [3.8, 4) is 0 Å². The average molecular weight is 199 g/mol. The highest BCUT2D eigenvalue weighted by Crippen LogP contribution is 2.06. The second-order valence-corrected chi connectivity index (χ2v) is 3.23. The first-order valence-electron chi connectivity index (χ1n) is 5.07. The van der Waals surface area contributed by atoms with Gasteiger partial charge >= 0.3 is 0 Å². The SMILES string of the molecule is CC.CC(CCN(C)C)n1cnnn1. The van der Waals surface area contributed by atoms with Crippen LogP contribution in [0.1, 0.15) is 33.2 Å². The third-order valence-corrected chi connectivity index (χ3v) is 1.81. The molecule has 0 N–H and O–H groups in total. The molecule has 0 radical (unpaired) electrons. The molecule has 0 aliphatic rings. The maximum absolute atomic E-state index is 3.83. The lowest BCUT2D eigenvalue weighted by atomic mass is 10.2. The first kappa shape index (κ1) is 13.0. The zero-order valence-electron chi connectivity index (χ0n) is 9.80. The number of aromatic nitrogens is 4. The predicted molar refractivity (Wildman–Crippen MR) is 57.0 cm³/mol. The Balaban J connectivity index is 0.000000791. The molecular formula is C9H21N5. The molecular weight excluding hydrogens is 178 g/mol. The molecule has 82 valence electrons. The fourth-order valence-corrected chi connectivity index (χ4v) is 0.948. The lowest BCUT2D eigenvalue weighted by Gasteiger charge is -2.13. The maximum Gasteiger partial charge on any atom is 0.138 e. The third-order valence-electron chi connectivity index (χ3n) is 1.81. The van der Waals surface area contributed by atoms with Gasteiger partial charge in [-0.15, -0.1) is 5.10 Å². The van der Waals surface area contributed by atoms with Crippen molar-refractivity contribution in [2.45, 2.75) is 33.2 Å². The van der Waals surface area contributed by atoms with E-state index in [0.717, 1.165) is 13.0 Å². The standard InChI is InChI=1S/C7H15N5.C2H6/c1-7(4-5-11(2)3)12-6-8-9-10-12;1-2/h6-7H,4-5H2,1-3H3;1-2H3. The second-order valence-electron chi connectivity index (χ2n) is 3.23. The van der Waals surface area contributed by atoms with E-state index < -0.39 is 0 Å². The van der Waals surface area contributed by atoms with Crippen LogP contribution in [0.2, 0.25) is 0 Å². The van der Waals surface area contributed by atoms with Crippen molar-refractivity contribution in [3.05, 3.63) is 6.33 Å². The monoisotopic (exact) mass is 199 g/mol. The minimum atomic E-state index is 0.377. The van der Waals surface area contributed by atoms with Crippen molar-refractivity contribution < 1.29 is 0 Å². The summed E-state index contributed by atoms with van der Waals surface area (Å²) in [4.78, 5) is 2.15. The fraction of sp³-hybridized carbons (Fsp3) is 0.889. The van der Waals surface area contributed by atoms with E-state index in [2.05, 4.69) is 41.4 Å². The number of hydrogen-bond donors (Lipinski definition) is 0. The molecule has 1 aromatic rings. The Kier molecular flexibility index (Phi) is 6.92. The van der Waals surface area contributed by atoms with Gasteiger partial charge in [-0.2, -0.15) is 0 Å². The van der Waals surface area contributed by atoms with Crippen LogP contribution in [0, 0.1) is 0 Å². The van der Waals surface area contributed by atoms with Crippen LogP contribution in [0.5, 0.6) is 0 Å². The summed E-state index contributed by atoms with van der Waals surface area (Å²) in [6.07, 6.45) is 2.72. The van der Waals surface area contributed by atoms with Crippen LogP contribution < -0.4 is 0 Å². The molecule has 1 atom stereocenters. The van der Waals surface area contributed by atoms with Crippen molar-refractivity contribution in [1.29, 1.82) is 0 Å². The Morgan fingerprint density at radius 2 is 2.00 bits per heavy atom. The molecule has 1 aromatic heterocycles. The molecule has 0 saturated carbocycles. The molecule has 5 heteroatoms. The number of hydrogen-bond acceptors (Lipinski definition) is 4. The van der Waals surface area contributed by atoms with Crippen molar-refractivity contribution in [2.75, 3.05) is 20.6 Å². The Morgan fingerprint density at radius 3 is 2.43 bits per heavy atom. The van der Waals surface area contributed by atoms with Crippen molar-refractivity contribution in [3.63, 3.8) is 0 Å². The molecule has 1 unspecified atom stereocenters. The Labute approximate surface area is 86.1 Å². The summed E-state index contributed by atoms with van der Waals surface area (Å²) in [5, 5.41) is 11.0. The van der Waals surface area contributed by atoms with E-state index in [4.69, 9.17) is 0 Å². The highest BCUT2D eigenvalue weighted by atomic mass is 15.5. The first-order chi connectivity index (χ1) is 6.70. The minimum absolute atomic E-state index is 0.377. The normalized spacial score (nSPS) is 12.1. The summed E-state index contributed by atoms with van der Waals surface area (Å²) < 4.78 is 1.78. The topological polar surface area (TPSA) is 46.8 Å². The van der Waals surface area contributed by atoms with Crippen LogP contribution >= 0.6 is 0 Å². The number of tetrazole rings is 1. The van der Waals surface area contributed by atoms with Gasteiger partial charge in [0.25, 0.3) is 0 Å². The van der Waals surface area contributed by atoms with Gasteiger partial charge in [0.2, 0.25) is 0 Å². The van der Waals surface area contributed by atoms with E-state index >= 15 is 0 Å². The molecule has 0 spiro atoms. The second kappa shape index (κ2) is 7.44. The Morgan fingerprint density at radius 1 is 1.36 bits per heavy atom. The van der Waals surface area contributed by atoms with E-state index in [1.54, 1.807) is 11.0 Å². The summed E-state index contributed by atoms with van der Waals surface area (Å²) in [6, 6.07) is 0.377. The van der Waals surface area contributed by atoms with E-state index in [-0.39, 0.29) is 0 Å². The van der Waals surface area contributed by atoms with Gasteiger partial charge in [0.1, 0.15) is 6.33 Å². The van der Waals surface area contributed by atoms with E-state index in [1.807, 2.05) is 13.8 Å². The molecule has 1 rings (SSSR count). The number of nitrogens with zero attached hydrogens (tertiary/aromatic N) is 5. The van der Waals surface area contributed by atoms with E-state index in [0.29, 0.717) is 6.04 Å². The van der Waals surface area contributed by atoms with Gasteiger partial charge in [-0.05, 0) is 44.4 Å². The van der Waals surface area contributed by atoms with Gasteiger partial charge in [0.05, 0.1) is 6.04 Å². The summed E-state index contributed by atoms with van der Waals surface area (Å²) in [6.45, 7) is 7.17. The fourth-order valence-electron chi connectivity index (χ4n) is 0.948. The summed E-state index contributed by atoms with van der Waals surface area (Å²) in [5.41, 5.74) is 0. The Hall–Kier alpha value is -0.970. The van der Waals surface area contributed by atoms with Gasteiger partial charge < -0.3 is 4.90 Å². The minimum Gasteiger partial charge on any atom is -0.309 e. The summed E-state index contributed by atoms with van der Waals surface area (Å²) in [7, 11) is 4.12. The molecule has 0 fully saturated rings. The van der Waals surface area contributed by atoms with Crippen LogP contribution in [0.4, 0.5) is 0 Å². The van der Waals surface area contributed by atoms with Crippen LogP contribution in [0.15, 0.2) is 6.33 Å². The highest BCUT2D eigenvalue weighted by molar-refractivity contribution is 4.61. The lowest BCUT2D eigenvalue weighted by Crippen LogP contribution is -2.17. The molecule has 0 aliphatic heterocycles. The molecule has 0 amide bonds. The van der Waals surface area contributed by atoms with Crippen molar-refractivity contribution in [2.24, 2.45) is 0 Å². The van der Waals surface area contributed by atoms with Crippen LogP contribution in [0.25, 0.3) is 0 Å². The number of rotatable bonds is 4. The van der Waals surface area contributed by atoms with Gasteiger partial charge in [-0.3, -0.25) is 0 Å². The largest absolute Gasteiger partial charge is 0.309 e. The van der Waals surface area contributed by atoms with Crippen LogP contribution in [0.3, 0.4) is 0 Å². The molecule has 14 heavy (non-hydrogen) atoms. The van der Waals surface area contributed by atoms with Gasteiger partial charge in [-0.1, -0.05) is 13.8 Å². The smallest absolute Gasteiger partial charge is 0.138 e. The van der Waals surface area contributed by atoms with Gasteiger partial charge in [-0.25, -0.2) is 4.68 Å². The summed E-state index contributed by atoms with van der Waals surface area (Å²) in [5.74, 6) is 0. The molecule has 0 saturated heterocycles. The van der Waals surface area contributed by atoms with Crippen LogP contribution in [-0.4, -0.2) is 45.7 Å². The predicted octanol–water partition coefficient (Wildman–Crippen LogP) is 1.21. The lowest BCUT2D eigenvalue weighted by molar-refractivity contribution is 0.343.